The van der Waals surface area contributed by atoms with Crippen molar-refractivity contribution >= 4 is 5.91 Å². The molecule has 0 saturated carbocycles. The van der Waals surface area contributed by atoms with Crippen LogP contribution in [0.1, 0.15) is 23.1 Å². The van der Waals surface area contributed by atoms with Crippen molar-refractivity contribution in [1.82, 2.24) is 15.1 Å². The van der Waals surface area contributed by atoms with Crippen molar-refractivity contribution in [1.29, 1.82) is 0 Å². The number of amides is 1. The monoisotopic (exact) mass is 248 g/mol. The number of carbonyl (C=O) groups excluding carboxylic acids is 1. The number of furan rings is 1. The molecule has 6 nitrogen and oxygen atoms in total. The zero-order valence-corrected chi connectivity index (χ0v) is 10.4. The Kier molecular flexibility index (Phi) is 3.47. The molecule has 2 heterocycles. The van der Waals surface area contributed by atoms with Gasteiger partial charge in [0.05, 0.1) is 12.7 Å². The van der Waals surface area contributed by atoms with Crippen LogP contribution in [-0.4, -0.2) is 15.7 Å². The number of nitrogens with two attached hydrogens (primary N) is 1. The molecular formula is C12H16N4O2. The molecule has 18 heavy (non-hydrogen) atoms. The lowest BCUT2D eigenvalue weighted by Gasteiger charge is -2.09. The van der Waals surface area contributed by atoms with Crippen molar-refractivity contribution in [2.45, 2.75) is 19.5 Å². The quantitative estimate of drug-likeness (QED) is 0.831. The maximum atomic E-state index is 11.8. The molecule has 1 unspecified atom stereocenters. The second kappa shape index (κ2) is 5.05. The summed E-state index contributed by atoms with van der Waals surface area (Å²) in [5.41, 5.74) is 6.51. The predicted octanol–water partition coefficient (Wildman–Crippen LogP) is 0.638. The highest BCUT2D eigenvalue weighted by Crippen LogP contribution is 2.10. The Bertz CT molecular complexity index is 544. The van der Waals surface area contributed by atoms with Gasteiger partial charge in [-0.3, -0.25) is 9.48 Å². The summed E-state index contributed by atoms with van der Waals surface area (Å²) in [6.45, 7) is 2.19. The van der Waals surface area contributed by atoms with Crippen molar-refractivity contribution in [3.63, 3.8) is 0 Å². The zero-order chi connectivity index (χ0) is 13.1. The molecular weight excluding hydrogens is 232 g/mol. The Balaban J connectivity index is 1.92. The second-order valence-corrected chi connectivity index (χ2v) is 4.16. The fourth-order valence-corrected chi connectivity index (χ4v) is 1.62. The van der Waals surface area contributed by atoms with E-state index in [1.807, 2.05) is 19.1 Å². The third kappa shape index (κ3) is 2.78. The summed E-state index contributed by atoms with van der Waals surface area (Å²) in [4.78, 5) is 11.8. The van der Waals surface area contributed by atoms with E-state index in [1.165, 1.54) is 0 Å². The SMILES string of the molecule is Cc1ccc(CNC(=O)C(N)c2cnn(C)c2)o1. The average Bonchev–Trinajstić information content (AvgIpc) is 2.94. The summed E-state index contributed by atoms with van der Waals surface area (Å²) < 4.78 is 6.96. The van der Waals surface area contributed by atoms with E-state index in [9.17, 15) is 4.79 Å². The van der Waals surface area contributed by atoms with Crippen molar-refractivity contribution in [2.24, 2.45) is 12.8 Å². The summed E-state index contributed by atoms with van der Waals surface area (Å²) >= 11 is 0. The van der Waals surface area contributed by atoms with Gasteiger partial charge in [-0.2, -0.15) is 5.10 Å². The molecule has 2 rings (SSSR count). The normalized spacial score (nSPS) is 12.4. The minimum atomic E-state index is -0.713. The minimum absolute atomic E-state index is 0.253. The molecule has 0 fully saturated rings. The molecule has 0 radical (unpaired) electrons. The molecule has 0 spiro atoms. The summed E-state index contributed by atoms with van der Waals surface area (Å²) in [6.07, 6.45) is 3.31. The molecule has 2 aromatic rings. The number of hydrogen-bond donors (Lipinski definition) is 2. The fourth-order valence-electron chi connectivity index (χ4n) is 1.62. The van der Waals surface area contributed by atoms with Crippen molar-refractivity contribution in [2.75, 3.05) is 0 Å². The van der Waals surface area contributed by atoms with Crippen LogP contribution in [0, 0.1) is 6.92 Å². The Morgan fingerprint density at radius 1 is 1.61 bits per heavy atom. The summed E-state index contributed by atoms with van der Waals surface area (Å²) in [5, 5.41) is 6.70. The Hall–Kier alpha value is -2.08. The lowest BCUT2D eigenvalue weighted by Crippen LogP contribution is -2.33. The predicted molar refractivity (Wildman–Crippen MR) is 65.4 cm³/mol. The maximum Gasteiger partial charge on any atom is 0.242 e. The van der Waals surface area contributed by atoms with Crippen LogP contribution in [-0.2, 0) is 18.4 Å². The number of aryl methyl sites for hydroxylation is 2. The lowest BCUT2D eigenvalue weighted by molar-refractivity contribution is -0.122. The van der Waals surface area contributed by atoms with E-state index >= 15 is 0 Å². The van der Waals surface area contributed by atoms with E-state index in [0.717, 1.165) is 5.76 Å². The highest BCUT2D eigenvalue weighted by molar-refractivity contribution is 5.82. The molecule has 0 aromatic carbocycles. The average molecular weight is 248 g/mol. The van der Waals surface area contributed by atoms with E-state index < -0.39 is 6.04 Å². The number of hydrogen-bond acceptors (Lipinski definition) is 4. The summed E-state index contributed by atoms with van der Waals surface area (Å²) in [7, 11) is 1.78. The summed E-state index contributed by atoms with van der Waals surface area (Å²) in [5.74, 6) is 1.27. The van der Waals surface area contributed by atoms with Crippen molar-refractivity contribution in [3.05, 3.63) is 41.6 Å². The molecule has 1 atom stereocenters. The first-order chi connectivity index (χ1) is 8.56. The van der Waals surface area contributed by atoms with Gasteiger partial charge >= 0.3 is 0 Å². The Morgan fingerprint density at radius 3 is 2.94 bits per heavy atom. The van der Waals surface area contributed by atoms with Crippen LogP contribution < -0.4 is 11.1 Å². The number of nitrogens with zero attached hydrogens (tertiary/aromatic N) is 2. The number of nitrogens with one attached hydrogen (secondary N) is 1. The minimum Gasteiger partial charge on any atom is -0.465 e. The number of aromatic nitrogens is 2. The molecule has 96 valence electrons. The van der Waals surface area contributed by atoms with E-state index in [2.05, 4.69) is 10.4 Å². The number of carbonyl (C=O) groups is 1. The standard InChI is InChI=1S/C12H16N4O2/c1-8-3-4-10(18-8)6-14-12(17)11(13)9-5-15-16(2)7-9/h3-5,7,11H,6,13H2,1-2H3,(H,14,17). The third-order valence-electron chi connectivity index (χ3n) is 2.60. The largest absolute Gasteiger partial charge is 0.465 e. The summed E-state index contributed by atoms with van der Waals surface area (Å²) in [6, 6.07) is 2.96. The molecule has 0 aliphatic rings. The zero-order valence-electron chi connectivity index (χ0n) is 10.4. The highest BCUT2D eigenvalue weighted by Gasteiger charge is 2.17. The van der Waals surface area contributed by atoms with Crippen molar-refractivity contribution < 1.29 is 9.21 Å². The molecule has 2 aromatic heterocycles. The second-order valence-electron chi connectivity index (χ2n) is 4.16. The van der Waals surface area contributed by atoms with E-state index in [1.54, 1.807) is 24.1 Å². The van der Waals surface area contributed by atoms with Crippen LogP contribution in [0.25, 0.3) is 0 Å². The molecule has 0 aliphatic carbocycles. The maximum absolute atomic E-state index is 11.8. The van der Waals surface area contributed by atoms with Gasteiger partial charge in [-0.05, 0) is 19.1 Å². The van der Waals surface area contributed by atoms with Gasteiger partial charge in [0.25, 0.3) is 0 Å². The van der Waals surface area contributed by atoms with Crippen LogP contribution in [0.3, 0.4) is 0 Å². The van der Waals surface area contributed by atoms with Crippen LogP contribution in [0.2, 0.25) is 0 Å². The van der Waals surface area contributed by atoms with E-state index in [4.69, 9.17) is 10.2 Å². The van der Waals surface area contributed by atoms with Gasteiger partial charge in [0.15, 0.2) is 0 Å². The molecule has 0 saturated heterocycles. The van der Waals surface area contributed by atoms with Crippen LogP contribution in [0.5, 0.6) is 0 Å². The van der Waals surface area contributed by atoms with E-state index in [-0.39, 0.29) is 5.91 Å². The number of rotatable bonds is 4. The first-order valence-electron chi connectivity index (χ1n) is 5.63. The molecule has 0 bridgehead atoms. The first kappa shape index (κ1) is 12.4. The molecule has 3 N–H and O–H groups in total. The van der Waals surface area contributed by atoms with E-state index in [0.29, 0.717) is 17.9 Å². The van der Waals surface area contributed by atoms with Gasteiger partial charge < -0.3 is 15.5 Å². The lowest BCUT2D eigenvalue weighted by atomic mass is 10.1. The van der Waals surface area contributed by atoms with Gasteiger partial charge in [0.1, 0.15) is 17.6 Å². The Morgan fingerprint density at radius 2 is 2.39 bits per heavy atom. The van der Waals surface area contributed by atoms with Crippen molar-refractivity contribution in [3.8, 4) is 0 Å². The van der Waals surface area contributed by atoms with Crippen LogP contribution in [0.4, 0.5) is 0 Å². The van der Waals surface area contributed by atoms with Crippen LogP contribution >= 0.6 is 0 Å². The third-order valence-corrected chi connectivity index (χ3v) is 2.60. The van der Waals surface area contributed by atoms with Crippen LogP contribution in [0.15, 0.2) is 28.9 Å². The highest BCUT2D eigenvalue weighted by atomic mass is 16.3. The van der Waals surface area contributed by atoms with Gasteiger partial charge in [0, 0.05) is 18.8 Å². The molecule has 6 heteroatoms. The Labute approximate surface area is 105 Å². The van der Waals surface area contributed by atoms with Gasteiger partial charge in [-0.15, -0.1) is 0 Å². The molecule has 0 aliphatic heterocycles. The first-order valence-corrected chi connectivity index (χ1v) is 5.63. The smallest absolute Gasteiger partial charge is 0.242 e. The molecule has 1 amide bonds. The topological polar surface area (TPSA) is 86.1 Å². The fraction of sp³-hybridized carbons (Fsp3) is 0.333. The van der Waals surface area contributed by atoms with Gasteiger partial charge in [0.2, 0.25) is 5.91 Å². The van der Waals surface area contributed by atoms with Gasteiger partial charge in [-0.25, -0.2) is 0 Å². The van der Waals surface area contributed by atoms with Gasteiger partial charge in [-0.1, -0.05) is 0 Å².